The third-order valence-electron chi connectivity index (χ3n) is 4.41. The molecular formula is C22H23N3O3. The van der Waals surface area contributed by atoms with Gasteiger partial charge in [-0.25, -0.2) is 4.68 Å². The highest BCUT2D eigenvalue weighted by Crippen LogP contribution is 2.28. The number of nitrogens with one attached hydrogen (secondary N) is 1. The lowest BCUT2D eigenvalue weighted by Gasteiger charge is -2.18. The van der Waals surface area contributed by atoms with Crippen LogP contribution in [-0.2, 0) is 6.61 Å². The predicted molar refractivity (Wildman–Crippen MR) is 110 cm³/mol. The lowest BCUT2D eigenvalue weighted by Crippen LogP contribution is -2.29. The summed E-state index contributed by atoms with van der Waals surface area (Å²) in [4.78, 5) is 25.6. The maximum atomic E-state index is 13.1. The van der Waals surface area contributed by atoms with Gasteiger partial charge in [0, 0.05) is 11.3 Å². The molecule has 0 aliphatic rings. The van der Waals surface area contributed by atoms with Crippen molar-refractivity contribution < 1.29 is 9.90 Å². The van der Waals surface area contributed by atoms with Crippen LogP contribution in [0.5, 0.6) is 0 Å². The smallest absolute Gasteiger partial charge is 0.291 e. The lowest BCUT2D eigenvalue weighted by molar-refractivity contribution is 0.101. The molecule has 1 heterocycles. The summed E-state index contributed by atoms with van der Waals surface area (Å²) < 4.78 is 1.39. The Kier molecular flexibility index (Phi) is 5.70. The van der Waals surface area contributed by atoms with Crippen LogP contribution in [0.15, 0.2) is 59.4 Å². The highest BCUT2D eigenvalue weighted by atomic mass is 16.3. The number of hydrogen-bond acceptors (Lipinski definition) is 5. The average Bonchev–Trinajstić information content (AvgIpc) is 2.70. The Balaban J connectivity index is 2.25. The molecule has 28 heavy (non-hydrogen) atoms. The number of anilines is 2. The standard InChI is InChI=1S/C22H23N3O3/c1-14(2)25-22(28)21(23-18-11-9-16(13-26)10-12-18)19(15(3)27)20(24-25)17-7-5-4-6-8-17/h4-12,14,23,26H,13H2,1-3H3. The van der Waals surface area contributed by atoms with Crippen LogP contribution in [-0.4, -0.2) is 20.7 Å². The van der Waals surface area contributed by atoms with Crippen molar-refractivity contribution in [3.05, 3.63) is 76.1 Å². The zero-order valence-corrected chi connectivity index (χ0v) is 16.1. The number of hydrogen-bond donors (Lipinski definition) is 2. The molecule has 0 atom stereocenters. The highest BCUT2D eigenvalue weighted by molar-refractivity contribution is 6.05. The molecule has 144 valence electrons. The van der Waals surface area contributed by atoms with Gasteiger partial charge in [0.2, 0.25) is 0 Å². The van der Waals surface area contributed by atoms with Crippen molar-refractivity contribution in [1.29, 1.82) is 0 Å². The Hall–Kier alpha value is -3.25. The second-order valence-electron chi connectivity index (χ2n) is 6.84. The van der Waals surface area contributed by atoms with Gasteiger partial charge in [-0.05, 0) is 38.5 Å². The van der Waals surface area contributed by atoms with Crippen molar-refractivity contribution in [2.24, 2.45) is 0 Å². The van der Waals surface area contributed by atoms with E-state index in [0.29, 0.717) is 11.4 Å². The maximum absolute atomic E-state index is 13.1. The van der Waals surface area contributed by atoms with Crippen molar-refractivity contribution in [2.45, 2.75) is 33.4 Å². The quantitative estimate of drug-likeness (QED) is 0.636. The number of aromatic nitrogens is 2. The Morgan fingerprint density at radius 1 is 1.11 bits per heavy atom. The summed E-state index contributed by atoms with van der Waals surface area (Å²) in [7, 11) is 0. The normalized spacial score (nSPS) is 10.9. The first kappa shape index (κ1) is 19.5. The predicted octanol–water partition coefficient (Wildman–Crippen LogP) is 3.93. The van der Waals surface area contributed by atoms with Crippen LogP contribution in [0.3, 0.4) is 0 Å². The summed E-state index contributed by atoms with van der Waals surface area (Å²) in [5.41, 5.74) is 2.75. The molecule has 0 radical (unpaired) electrons. The van der Waals surface area contributed by atoms with E-state index < -0.39 is 0 Å². The summed E-state index contributed by atoms with van der Waals surface area (Å²) in [6.07, 6.45) is 0. The molecule has 0 fully saturated rings. The molecule has 0 bridgehead atoms. The van der Waals surface area contributed by atoms with Crippen LogP contribution in [0.4, 0.5) is 11.4 Å². The van der Waals surface area contributed by atoms with Crippen molar-refractivity contribution in [1.82, 2.24) is 9.78 Å². The van der Waals surface area contributed by atoms with Gasteiger partial charge in [0.15, 0.2) is 5.78 Å². The van der Waals surface area contributed by atoms with Crippen LogP contribution in [0.25, 0.3) is 11.3 Å². The molecule has 3 rings (SSSR count). The first-order valence-electron chi connectivity index (χ1n) is 9.12. The molecule has 6 nitrogen and oxygen atoms in total. The summed E-state index contributed by atoms with van der Waals surface area (Å²) in [6.45, 7) is 5.11. The van der Waals surface area contributed by atoms with Crippen LogP contribution in [0.1, 0.15) is 42.7 Å². The second kappa shape index (κ2) is 8.19. The maximum Gasteiger partial charge on any atom is 0.291 e. The SMILES string of the molecule is CC(=O)c1c(-c2ccccc2)nn(C(C)C)c(=O)c1Nc1ccc(CO)cc1. The number of aliphatic hydroxyl groups excluding tert-OH is 1. The number of carbonyl (C=O) groups excluding carboxylic acids is 1. The number of aliphatic hydroxyl groups is 1. The third-order valence-corrected chi connectivity index (χ3v) is 4.41. The molecule has 0 aliphatic heterocycles. The van der Waals surface area contributed by atoms with Gasteiger partial charge in [-0.15, -0.1) is 0 Å². The van der Waals surface area contributed by atoms with Gasteiger partial charge in [-0.3, -0.25) is 9.59 Å². The Bertz CT molecular complexity index is 1040. The Morgan fingerprint density at radius 3 is 2.29 bits per heavy atom. The topological polar surface area (TPSA) is 84.2 Å². The number of Topliss-reactive ketones (excluding diaryl/α,β-unsaturated/α-hetero) is 1. The fraction of sp³-hybridized carbons (Fsp3) is 0.227. The fourth-order valence-corrected chi connectivity index (χ4v) is 2.99. The first-order chi connectivity index (χ1) is 13.4. The zero-order valence-electron chi connectivity index (χ0n) is 16.1. The molecule has 0 unspecified atom stereocenters. The molecule has 1 aromatic heterocycles. The molecule has 0 spiro atoms. The lowest BCUT2D eigenvalue weighted by atomic mass is 10.0. The minimum atomic E-state index is -0.355. The van der Waals surface area contributed by atoms with Crippen molar-refractivity contribution in [3.63, 3.8) is 0 Å². The van der Waals surface area contributed by atoms with E-state index in [2.05, 4.69) is 10.4 Å². The number of carbonyl (C=O) groups is 1. The van der Waals surface area contributed by atoms with Gasteiger partial charge in [-0.1, -0.05) is 42.5 Å². The highest BCUT2D eigenvalue weighted by Gasteiger charge is 2.23. The number of nitrogens with zero attached hydrogens (tertiary/aromatic N) is 2. The molecule has 0 saturated heterocycles. The van der Waals surface area contributed by atoms with E-state index in [1.165, 1.54) is 11.6 Å². The van der Waals surface area contributed by atoms with E-state index in [9.17, 15) is 14.7 Å². The van der Waals surface area contributed by atoms with Gasteiger partial charge in [-0.2, -0.15) is 5.10 Å². The van der Waals surface area contributed by atoms with Gasteiger partial charge in [0.25, 0.3) is 5.56 Å². The molecule has 3 aromatic rings. The van der Waals surface area contributed by atoms with Crippen molar-refractivity contribution in [2.75, 3.05) is 5.32 Å². The summed E-state index contributed by atoms with van der Waals surface area (Å²) in [5.74, 6) is -0.242. The molecule has 2 aromatic carbocycles. The average molecular weight is 377 g/mol. The van der Waals surface area contributed by atoms with Crippen molar-refractivity contribution >= 4 is 17.2 Å². The summed E-state index contributed by atoms with van der Waals surface area (Å²) >= 11 is 0. The van der Waals surface area contributed by atoms with E-state index in [1.807, 2.05) is 44.2 Å². The van der Waals surface area contributed by atoms with Gasteiger partial charge in [0.1, 0.15) is 11.4 Å². The fourth-order valence-electron chi connectivity index (χ4n) is 2.99. The molecule has 2 N–H and O–H groups in total. The van der Waals surface area contributed by atoms with E-state index in [0.717, 1.165) is 11.1 Å². The van der Waals surface area contributed by atoms with Crippen LogP contribution < -0.4 is 10.9 Å². The molecular weight excluding hydrogens is 354 g/mol. The van der Waals surface area contributed by atoms with Crippen molar-refractivity contribution in [3.8, 4) is 11.3 Å². The third kappa shape index (κ3) is 3.87. The summed E-state index contributed by atoms with van der Waals surface area (Å²) in [6, 6.07) is 16.2. The number of rotatable bonds is 6. The van der Waals surface area contributed by atoms with E-state index in [4.69, 9.17) is 0 Å². The van der Waals surface area contributed by atoms with E-state index >= 15 is 0 Å². The Morgan fingerprint density at radius 2 is 1.75 bits per heavy atom. The van der Waals surface area contributed by atoms with Gasteiger partial charge in [0.05, 0.1) is 18.2 Å². The minimum absolute atomic E-state index is 0.0630. The zero-order chi connectivity index (χ0) is 20.3. The summed E-state index contributed by atoms with van der Waals surface area (Å²) in [5, 5.41) is 16.8. The molecule has 0 amide bonds. The molecule has 0 aliphatic carbocycles. The van der Waals surface area contributed by atoms with E-state index in [1.54, 1.807) is 24.3 Å². The monoisotopic (exact) mass is 377 g/mol. The number of ketones is 1. The second-order valence-corrected chi connectivity index (χ2v) is 6.84. The van der Waals surface area contributed by atoms with Gasteiger partial charge < -0.3 is 10.4 Å². The molecule has 6 heteroatoms. The van der Waals surface area contributed by atoms with Gasteiger partial charge >= 0.3 is 0 Å². The van der Waals surface area contributed by atoms with Crippen LogP contribution in [0.2, 0.25) is 0 Å². The number of benzene rings is 2. The Labute approximate surface area is 163 Å². The van der Waals surface area contributed by atoms with E-state index in [-0.39, 0.29) is 35.2 Å². The first-order valence-corrected chi connectivity index (χ1v) is 9.12. The van der Waals surface area contributed by atoms with Crippen LogP contribution in [0, 0.1) is 0 Å². The molecule has 0 saturated carbocycles. The van der Waals surface area contributed by atoms with Crippen LogP contribution >= 0.6 is 0 Å². The largest absolute Gasteiger partial charge is 0.392 e. The minimum Gasteiger partial charge on any atom is -0.392 e.